The first-order chi connectivity index (χ1) is 19.6. The summed E-state index contributed by atoms with van der Waals surface area (Å²) in [5.41, 5.74) is 15.0. The van der Waals surface area contributed by atoms with E-state index < -0.39 is 0 Å². The molecule has 40 heavy (non-hydrogen) atoms. The highest BCUT2D eigenvalue weighted by Gasteiger charge is 2.53. The van der Waals surface area contributed by atoms with Crippen molar-refractivity contribution in [3.05, 3.63) is 173 Å². The molecule has 1 heteroatoms. The van der Waals surface area contributed by atoms with Crippen molar-refractivity contribution in [3.63, 3.8) is 0 Å². The minimum absolute atomic E-state index is 0.136. The summed E-state index contributed by atoms with van der Waals surface area (Å²) in [6, 6.07) is 49.2. The summed E-state index contributed by atoms with van der Waals surface area (Å²) in [5.74, 6) is 0. The predicted molar refractivity (Wildman–Crippen MR) is 165 cm³/mol. The van der Waals surface area contributed by atoms with Crippen LogP contribution in [-0.2, 0) is 10.8 Å². The summed E-state index contributed by atoms with van der Waals surface area (Å²) < 4.78 is 0. The van der Waals surface area contributed by atoms with Gasteiger partial charge < -0.3 is 0 Å². The Morgan fingerprint density at radius 1 is 0.425 bits per heavy atom. The molecule has 8 rings (SSSR count). The number of benzene rings is 5. The lowest BCUT2D eigenvalue weighted by atomic mass is 9.55. The van der Waals surface area contributed by atoms with Gasteiger partial charge in [0.25, 0.3) is 0 Å². The zero-order valence-corrected chi connectivity index (χ0v) is 22.7. The van der Waals surface area contributed by atoms with Crippen LogP contribution in [0.1, 0.15) is 47.2 Å². The first-order valence-corrected chi connectivity index (χ1v) is 14.1. The van der Waals surface area contributed by atoms with Crippen LogP contribution in [0.5, 0.6) is 0 Å². The van der Waals surface area contributed by atoms with E-state index >= 15 is 0 Å². The quantitative estimate of drug-likeness (QED) is 0.225. The Balaban J connectivity index is 1.50. The number of hydrogen-bond donors (Lipinski definition) is 0. The van der Waals surface area contributed by atoms with Crippen LogP contribution in [-0.4, -0.2) is 4.98 Å². The largest absolute Gasteiger partial charge is 0.256 e. The van der Waals surface area contributed by atoms with Gasteiger partial charge in [-0.2, -0.15) is 0 Å². The molecule has 1 heterocycles. The van der Waals surface area contributed by atoms with Crippen LogP contribution in [0.2, 0.25) is 0 Å². The van der Waals surface area contributed by atoms with E-state index in [4.69, 9.17) is 4.98 Å². The van der Waals surface area contributed by atoms with Crippen LogP contribution in [0, 0.1) is 0 Å². The van der Waals surface area contributed by atoms with Gasteiger partial charge in [0.2, 0.25) is 0 Å². The normalized spacial score (nSPS) is 15.2. The highest BCUT2D eigenvalue weighted by Crippen LogP contribution is 2.62. The van der Waals surface area contributed by atoms with Gasteiger partial charge in [-0.3, -0.25) is 4.98 Å². The number of nitrogens with zero attached hydrogens (tertiary/aromatic N) is 1. The van der Waals surface area contributed by atoms with E-state index in [-0.39, 0.29) is 10.8 Å². The van der Waals surface area contributed by atoms with Crippen LogP contribution in [0.15, 0.2) is 140 Å². The fourth-order valence-electron chi connectivity index (χ4n) is 7.51. The molecule has 0 aliphatic heterocycles. The third kappa shape index (κ3) is 2.95. The van der Waals surface area contributed by atoms with Crippen molar-refractivity contribution < 1.29 is 0 Å². The highest BCUT2D eigenvalue weighted by molar-refractivity contribution is 5.90. The molecule has 0 saturated heterocycles. The van der Waals surface area contributed by atoms with E-state index in [0.717, 1.165) is 11.3 Å². The zero-order valence-electron chi connectivity index (χ0n) is 22.7. The van der Waals surface area contributed by atoms with Gasteiger partial charge in [-0.15, -0.1) is 0 Å². The Morgan fingerprint density at radius 3 is 1.60 bits per heavy atom. The first kappa shape index (κ1) is 23.2. The van der Waals surface area contributed by atoms with Crippen LogP contribution >= 0.6 is 0 Å². The summed E-state index contributed by atoms with van der Waals surface area (Å²) in [7, 11) is 0. The molecule has 190 valence electrons. The molecule has 2 aliphatic rings. The molecule has 1 spiro atoms. The topological polar surface area (TPSA) is 12.9 Å². The molecule has 0 saturated carbocycles. The Morgan fingerprint density at radius 2 is 0.950 bits per heavy atom. The molecule has 0 bridgehead atoms. The molecule has 6 aromatic rings. The summed E-state index contributed by atoms with van der Waals surface area (Å²) >= 11 is 0. The minimum atomic E-state index is -0.384. The van der Waals surface area contributed by atoms with E-state index in [1.165, 1.54) is 55.6 Å². The molecule has 1 aromatic heterocycles. The maximum Gasteiger partial charge on any atom is 0.0719 e. The number of rotatable bonds is 2. The summed E-state index contributed by atoms with van der Waals surface area (Å²) in [5, 5.41) is 0. The van der Waals surface area contributed by atoms with Crippen LogP contribution in [0.4, 0.5) is 0 Å². The molecule has 0 unspecified atom stereocenters. The van der Waals surface area contributed by atoms with Crippen LogP contribution in [0.25, 0.3) is 33.5 Å². The Bertz CT molecular complexity index is 1880. The molecular weight excluding hydrogens is 482 g/mol. The van der Waals surface area contributed by atoms with Crippen molar-refractivity contribution in [2.75, 3.05) is 0 Å². The highest BCUT2D eigenvalue weighted by atomic mass is 14.7. The van der Waals surface area contributed by atoms with Crippen LogP contribution in [0.3, 0.4) is 0 Å². The fraction of sp³-hybridized carbons (Fsp3) is 0.103. The second-order valence-corrected chi connectivity index (χ2v) is 11.5. The van der Waals surface area contributed by atoms with Crippen molar-refractivity contribution >= 4 is 0 Å². The van der Waals surface area contributed by atoms with Gasteiger partial charge in [0.1, 0.15) is 0 Å². The Hall–Kier alpha value is -4.75. The van der Waals surface area contributed by atoms with Crippen molar-refractivity contribution in [1.29, 1.82) is 0 Å². The van der Waals surface area contributed by atoms with Crippen molar-refractivity contribution in [3.8, 4) is 33.5 Å². The Labute approximate surface area is 235 Å². The molecular formula is C39H29N. The van der Waals surface area contributed by atoms with E-state index in [2.05, 4.69) is 141 Å². The Kier molecular flexibility index (Phi) is 4.85. The van der Waals surface area contributed by atoms with E-state index in [1.807, 2.05) is 12.3 Å². The van der Waals surface area contributed by atoms with Gasteiger partial charge in [0, 0.05) is 17.2 Å². The smallest absolute Gasteiger partial charge is 0.0719 e. The summed E-state index contributed by atoms with van der Waals surface area (Å²) in [6.07, 6.45) is 1.87. The number of hydrogen-bond acceptors (Lipinski definition) is 1. The number of aromatic nitrogens is 1. The van der Waals surface area contributed by atoms with Gasteiger partial charge in [-0.05, 0) is 73.8 Å². The zero-order chi connectivity index (χ0) is 26.9. The molecule has 5 aromatic carbocycles. The third-order valence-corrected chi connectivity index (χ3v) is 9.23. The predicted octanol–water partition coefficient (Wildman–Crippen LogP) is 9.42. The van der Waals surface area contributed by atoms with Gasteiger partial charge in [0.05, 0.1) is 11.1 Å². The molecule has 0 fully saturated rings. The maximum atomic E-state index is 4.71. The molecule has 0 N–H and O–H groups in total. The average molecular weight is 512 g/mol. The lowest BCUT2D eigenvalue weighted by Crippen LogP contribution is -2.40. The maximum absolute atomic E-state index is 4.71. The van der Waals surface area contributed by atoms with E-state index in [0.29, 0.717) is 0 Å². The lowest BCUT2D eigenvalue weighted by molar-refractivity contribution is 0.563. The lowest BCUT2D eigenvalue weighted by Gasteiger charge is -2.47. The molecule has 0 radical (unpaired) electrons. The fourth-order valence-corrected chi connectivity index (χ4v) is 7.51. The second-order valence-electron chi connectivity index (χ2n) is 11.5. The summed E-state index contributed by atoms with van der Waals surface area (Å²) in [4.78, 5) is 4.71. The molecule has 0 atom stereocenters. The van der Waals surface area contributed by atoms with Crippen LogP contribution < -0.4 is 0 Å². The average Bonchev–Trinajstić information content (AvgIpc) is 3.32. The van der Waals surface area contributed by atoms with E-state index in [1.54, 1.807) is 0 Å². The number of fused-ring (bicyclic) bond motifs is 9. The van der Waals surface area contributed by atoms with Crippen molar-refractivity contribution in [2.45, 2.75) is 24.7 Å². The van der Waals surface area contributed by atoms with Gasteiger partial charge >= 0.3 is 0 Å². The minimum Gasteiger partial charge on any atom is -0.256 e. The molecule has 0 amide bonds. The third-order valence-electron chi connectivity index (χ3n) is 9.23. The standard InChI is InChI=1S/C39H29N/c1-38(2)33-19-9-10-20-35(33)39(31-17-7-5-14-28(31)29-15-6-8-18-32(29)39)36-25-26(22-23-34(36)38)27-13-3-4-16-30(27)37-21-11-12-24-40-37/h3-25H,1-2H3. The second kappa shape index (κ2) is 8.37. The molecule has 2 aliphatic carbocycles. The van der Waals surface area contributed by atoms with Crippen molar-refractivity contribution in [1.82, 2.24) is 4.98 Å². The first-order valence-electron chi connectivity index (χ1n) is 14.1. The number of pyridine rings is 1. The van der Waals surface area contributed by atoms with Gasteiger partial charge in [0.15, 0.2) is 0 Å². The van der Waals surface area contributed by atoms with E-state index in [9.17, 15) is 0 Å². The van der Waals surface area contributed by atoms with Gasteiger partial charge in [-0.1, -0.05) is 129 Å². The van der Waals surface area contributed by atoms with Gasteiger partial charge in [-0.25, -0.2) is 0 Å². The molecule has 1 nitrogen and oxygen atoms in total. The SMILES string of the molecule is CC1(C)c2ccccc2C2(c3ccccc3-c3ccccc32)c2cc(-c3ccccc3-c3ccccn3)ccc21. The van der Waals surface area contributed by atoms with Crippen molar-refractivity contribution in [2.24, 2.45) is 0 Å². The summed E-state index contributed by atoms with van der Waals surface area (Å²) in [6.45, 7) is 4.76. The monoisotopic (exact) mass is 511 g/mol.